The van der Waals surface area contributed by atoms with Crippen molar-refractivity contribution in [1.82, 2.24) is 5.32 Å². The molecule has 0 bridgehead atoms. The van der Waals surface area contributed by atoms with Crippen LogP contribution in [0.4, 0.5) is 0 Å². The average molecular weight is 143 g/mol. The molecule has 0 aromatic carbocycles. The van der Waals surface area contributed by atoms with E-state index in [4.69, 9.17) is 4.74 Å². The van der Waals surface area contributed by atoms with E-state index < -0.39 is 0 Å². The first-order valence-electron chi connectivity index (χ1n) is 2.92. The molecule has 0 unspecified atom stereocenters. The van der Waals surface area contributed by atoms with Crippen molar-refractivity contribution >= 4 is 0 Å². The quantitative estimate of drug-likeness (QED) is 0.351. The highest BCUT2D eigenvalue weighted by Crippen LogP contribution is 1.85. The van der Waals surface area contributed by atoms with Gasteiger partial charge in [-0.1, -0.05) is 6.58 Å². The molecule has 0 fully saturated rings. The lowest BCUT2D eigenvalue weighted by atomic mass is 10.5. The third-order valence-electron chi connectivity index (χ3n) is 0.849. The Morgan fingerprint density at radius 1 is 1.60 bits per heavy atom. The van der Waals surface area contributed by atoms with Crippen LogP contribution in [0.1, 0.15) is 0 Å². The Bertz CT molecular complexity index is 121. The summed E-state index contributed by atoms with van der Waals surface area (Å²) in [5.41, 5.74) is 0.767. The van der Waals surface area contributed by atoms with Gasteiger partial charge in [-0.2, -0.15) is 0 Å². The largest absolute Gasteiger partial charge is 0.504 e. The van der Waals surface area contributed by atoms with E-state index in [-0.39, 0.29) is 0 Å². The van der Waals surface area contributed by atoms with E-state index in [0.29, 0.717) is 6.73 Å². The summed E-state index contributed by atoms with van der Waals surface area (Å²) in [5.74, 6) is 0. The Hall–Kier alpha value is -0.960. The topological polar surface area (TPSA) is 30.5 Å². The van der Waals surface area contributed by atoms with E-state index in [1.165, 1.54) is 0 Å². The summed E-state index contributed by atoms with van der Waals surface area (Å²) in [7, 11) is 3.19. The molecule has 0 aromatic rings. The van der Waals surface area contributed by atoms with Gasteiger partial charge in [0, 0.05) is 12.8 Å². The van der Waals surface area contributed by atoms with Crippen LogP contribution in [-0.4, -0.2) is 21.0 Å². The van der Waals surface area contributed by atoms with Crippen LogP contribution in [0.5, 0.6) is 0 Å². The van der Waals surface area contributed by atoms with Gasteiger partial charge in [0.25, 0.3) is 0 Å². The van der Waals surface area contributed by atoms with Gasteiger partial charge in [-0.3, -0.25) is 0 Å². The molecular weight excluding hydrogens is 130 g/mol. The molecule has 0 rings (SSSR count). The number of rotatable bonds is 5. The summed E-state index contributed by atoms with van der Waals surface area (Å²) in [6.07, 6.45) is 3.27. The summed E-state index contributed by atoms with van der Waals surface area (Å²) in [4.78, 5) is 0. The van der Waals surface area contributed by atoms with Crippen LogP contribution in [0.2, 0.25) is 0 Å². The van der Waals surface area contributed by atoms with Crippen LogP contribution < -0.4 is 5.32 Å². The number of allylic oxidation sites excluding steroid dienone is 1. The molecule has 3 heteroatoms. The molecule has 3 nitrogen and oxygen atoms in total. The van der Waals surface area contributed by atoms with Gasteiger partial charge in [-0.15, -0.1) is 0 Å². The monoisotopic (exact) mass is 143 g/mol. The van der Waals surface area contributed by atoms with E-state index in [1.54, 1.807) is 26.6 Å². The van der Waals surface area contributed by atoms with Gasteiger partial charge in [0.15, 0.2) is 0 Å². The molecule has 0 saturated carbocycles. The molecule has 0 aromatic heterocycles. The Balaban J connectivity index is 3.34. The molecule has 0 radical (unpaired) electrons. The highest BCUT2D eigenvalue weighted by Gasteiger charge is 1.82. The fraction of sp³-hybridized carbons (Fsp3) is 0.429. The highest BCUT2D eigenvalue weighted by atomic mass is 16.5. The SMILES string of the molecule is C=C(/C=C/OC)NCOC. The molecule has 0 atom stereocenters. The zero-order valence-electron chi connectivity index (χ0n) is 6.39. The first-order chi connectivity index (χ1) is 4.81. The molecule has 0 heterocycles. The number of nitrogens with one attached hydrogen (secondary N) is 1. The second-order valence-corrected chi connectivity index (χ2v) is 1.67. The van der Waals surface area contributed by atoms with Crippen molar-refractivity contribution in [3.05, 3.63) is 24.6 Å². The minimum atomic E-state index is 0.465. The van der Waals surface area contributed by atoms with E-state index >= 15 is 0 Å². The molecule has 0 aliphatic carbocycles. The maximum absolute atomic E-state index is 4.75. The fourth-order valence-corrected chi connectivity index (χ4v) is 0.374. The maximum Gasteiger partial charge on any atom is 0.116 e. The third kappa shape index (κ3) is 5.18. The molecule has 0 aliphatic heterocycles. The van der Waals surface area contributed by atoms with Crippen LogP contribution in [0.15, 0.2) is 24.6 Å². The van der Waals surface area contributed by atoms with E-state index in [9.17, 15) is 0 Å². The summed E-state index contributed by atoms with van der Waals surface area (Å²) in [6, 6.07) is 0. The van der Waals surface area contributed by atoms with Gasteiger partial charge in [0.1, 0.15) is 6.73 Å². The minimum Gasteiger partial charge on any atom is -0.504 e. The summed E-state index contributed by atoms with van der Waals surface area (Å²) < 4.78 is 9.42. The van der Waals surface area contributed by atoms with Crippen molar-refractivity contribution in [3.63, 3.8) is 0 Å². The zero-order valence-corrected chi connectivity index (χ0v) is 6.39. The molecular formula is C7H13NO2. The maximum atomic E-state index is 4.75. The van der Waals surface area contributed by atoms with Gasteiger partial charge >= 0.3 is 0 Å². The smallest absolute Gasteiger partial charge is 0.116 e. The Labute approximate surface area is 61.3 Å². The standard InChI is InChI=1S/C7H13NO2/c1-7(4-5-9-2)8-6-10-3/h4-5,8H,1,6H2,2-3H3/b5-4+. The van der Waals surface area contributed by atoms with Crippen molar-refractivity contribution < 1.29 is 9.47 Å². The van der Waals surface area contributed by atoms with Crippen LogP contribution in [0.25, 0.3) is 0 Å². The molecule has 0 aliphatic rings. The van der Waals surface area contributed by atoms with E-state index in [2.05, 4.69) is 16.6 Å². The molecule has 10 heavy (non-hydrogen) atoms. The van der Waals surface area contributed by atoms with Crippen molar-refractivity contribution in [2.45, 2.75) is 0 Å². The van der Waals surface area contributed by atoms with Gasteiger partial charge in [0.05, 0.1) is 13.4 Å². The van der Waals surface area contributed by atoms with Gasteiger partial charge in [-0.05, 0) is 6.08 Å². The second kappa shape index (κ2) is 6.16. The lowest BCUT2D eigenvalue weighted by Gasteiger charge is -2.02. The predicted octanol–water partition coefficient (Wildman–Crippen LogP) is 0.854. The number of hydrogen-bond donors (Lipinski definition) is 1. The summed E-state index contributed by atoms with van der Waals surface area (Å²) in [6.45, 7) is 4.14. The zero-order chi connectivity index (χ0) is 7.82. The van der Waals surface area contributed by atoms with Crippen LogP contribution in [-0.2, 0) is 9.47 Å². The van der Waals surface area contributed by atoms with Crippen molar-refractivity contribution in [1.29, 1.82) is 0 Å². The normalized spacial score (nSPS) is 9.80. The summed E-state index contributed by atoms with van der Waals surface area (Å²) in [5, 5.41) is 2.88. The molecule has 0 spiro atoms. The minimum absolute atomic E-state index is 0.465. The Kier molecular flexibility index (Phi) is 5.57. The van der Waals surface area contributed by atoms with Crippen LogP contribution >= 0.6 is 0 Å². The van der Waals surface area contributed by atoms with Crippen molar-refractivity contribution in [3.8, 4) is 0 Å². The molecule has 0 saturated heterocycles. The van der Waals surface area contributed by atoms with E-state index in [0.717, 1.165) is 5.70 Å². The highest BCUT2D eigenvalue weighted by molar-refractivity contribution is 5.09. The summed E-state index contributed by atoms with van der Waals surface area (Å²) >= 11 is 0. The van der Waals surface area contributed by atoms with Crippen LogP contribution in [0.3, 0.4) is 0 Å². The van der Waals surface area contributed by atoms with Gasteiger partial charge in [-0.25, -0.2) is 0 Å². The molecule has 1 N–H and O–H groups in total. The van der Waals surface area contributed by atoms with Gasteiger partial charge in [0.2, 0.25) is 0 Å². The van der Waals surface area contributed by atoms with Crippen LogP contribution in [0, 0.1) is 0 Å². The average Bonchev–Trinajstić information content (AvgIpc) is 1.97. The third-order valence-corrected chi connectivity index (χ3v) is 0.849. The first kappa shape index (κ1) is 9.04. The number of hydrogen-bond acceptors (Lipinski definition) is 3. The van der Waals surface area contributed by atoms with Crippen molar-refractivity contribution in [2.75, 3.05) is 21.0 Å². The predicted molar refractivity (Wildman–Crippen MR) is 40.3 cm³/mol. The Morgan fingerprint density at radius 2 is 2.30 bits per heavy atom. The second-order valence-electron chi connectivity index (χ2n) is 1.67. The fourth-order valence-electron chi connectivity index (χ4n) is 0.374. The molecule has 0 amide bonds. The molecule has 58 valence electrons. The van der Waals surface area contributed by atoms with Gasteiger partial charge < -0.3 is 14.8 Å². The number of methoxy groups -OCH3 is 2. The lowest BCUT2D eigenvalue weighted by molar-refractivity contribution is 0.185. The lowest BCUT2D eigenvalue weighted by Crippen LogP contribution is -2.13. The Morgan fingerprint density at radius 3 is 2.80 bits per heavy atom. The van der Waals surface area contributed by atoms with Crippen molar-refractivity contribution in [2.24, 2.45) is 0 Å². The van der Waals surface area contributed by atoms with E-state index in [1.807, 2.05) is 0 Å². The number of ether oxygens (including phenoxy) is 2. The first-order valence-corrected chi connectivity index (χ1v) is 2.92.